The second-order valence-corrected chi connectivity index (χ2v) is 12.7. The number of halogens is 1. The molecule has 3 heterocycles. The van der Waals surface area contributed by atoms with Crippen LogP contribution in [0, 0.1) is 0 Å². The van der Waals surface area contributed by atoms with Gasteiger partial charge in [0.2, 0.25) is 11.8 Å². The molecule has 1 saturated heterocycles. The number of hydrogen-bond donors (Lipinski definition) is 3. The summed E-state index contributed by atoms with van der Waals surface area (Å²) in [5.74, 6) is -0.170. The highest BCUT2D eigenvalue weighted by Gasteiger charge is 2.56. The van der Waals surface area contributed by atoms with Crippen molar-refractivity contribution in [1.82, 2.24) is 24.6 Å². The fourth-order valence-electron chi connectivity index (χ4n) is 4.08. The Labute approximate surface area is 235 Å². The molecule has 0 amide bonds. The molecule has 0 radical (unpaired) electrons. The molecule has 3 aromatic rings. The molecule has 218 valence electrons. The lowest BCUT2D eigenvalue weighted by Crippen LogP contribution is -2.41. The Hall–Kier alpha value is -2.94. The summed E-state index contributed by atoms with van der Waals surface area (Å²) in [4.78, 5) is 24.8. The number of benzene rings is 1. The van der Waals surface area contributed by atoms with E-state index in [4.69, 9.17) is 40.8 Å². The van der Waals surface area contributed by atoms with Crippen molar-refractivity contribution in [2.24, 2.45) is 0 Å². The predicted octanol–water partition coefficient (Wildman–Crippen LogP) is 2.65. The number of nitrogen functional groups attached to an aromatic ring is 1. The van der Waals surface area contributed by atoms with Crippen molar-refractivity contribution in [2.75, 3.05) is 19.5 Å². The number of aliphatic hydroxyl groups is 1. The van der Waals surface area contributed by atoms with Crippen molar-refractivity contribution >= 4 is 41.5 Å². The third kappa shape index (κ3) is 6.35. The average Bonchev–Trinajstić information content (AvgIpc) is 3.40. The van der Waals surface area contributed by atoms with Gasteiger partial charge in [-0.2, -0.15) is 9.97 Å². The molecule has 0 aliphatic carbocycles. The van der Waals surface area contributed by atoms with E-state index in [1.165, 1.54) is 24.9 Å². The highest BCUT2D eigenvalue weighted by molar-refractivity contribution is 8.09. The summed E-state index contributed by atoms with van der Waals surface area (Å²) in [7, 11) is 1.39. The van der Waals surface area contributed by atoms with Crippen molar-refractivity contribution in [1.29, 1.82) is 0 Å². The van der Waals surface area contributed by atoms with E-state index >= 15 is 4.39 Å². The van der Waals surface area contributed by atoms with Gasteiger partial charge >= 0.3 is 12.6 Å². The van der Waals surface area contributed by atoms with Gasteiger partial charge in [-0.05, 0) is 51.6 Å². The molecule has 16 heteroatoms. The van der Waals surface area contributed by atoms with Crippen LogP contribution in [-0.2, 0) is 30.6 Å². The fourth-order valence-corrected chi connectivity index (χ4v) is 6.49. The SMILES string of the molecule is COc1nc(N)nc2c1ncn2[C@@H]1O[C@H](COP(=S)(NC(C)C(=O)OC(C)C)Oc2ccccc2)C(O)C1(C)F. The van der Waals surface area contributed by atoms with Crippen LogP contribution in [0.5, 0.6) is 11.6 Å². The average molecular weight is 599 g/mol. The van der Waals surface area contributed by atoms with E-state index in [9.17, 15) is 9.90 Å². The van der Waals surface area contributed by atoms with Gasteiger partial charge in [0, 0.05) is 0 Å². The third-order valence-electron chi connectivity index (χ3n) is 6.00. The number of carbonyl (C=O) groups excluding carboxylic acids is 1. The van der Waals surface area contributed by atoms with E-state index in [1.54, 1.807) is 51.1 Å². The first-order valence-corrected chi connectivity index (χ1v) is 15.0. The van der Waals surface area contributed by atoms with Gasteiger partial charge in [-0.15, -0.1) is 0 Å². The van der Waals surface area contributed by atoms with Crippen LogP contribution < -0.4 is 20.1 Å². The Morgan fingerprint density at radius 2 is 2.02 bits per heavy atom. The van der Waals surface area contributed by atoms with E-state index in [2.05, 4.69) is 20.0 Å². The minimum atomic E-state index is -3.46. The summed E-state index contributed by atoms with van der Waals surface area (Å²) in [5.41, 5.74) is 3.88. The first-order chi connectivity index (χ1) is 18.8. The lowest BCUT2D eigenvalue weighted by Gasteiger charge is -2.28. The van der Waals surface area contributed by atoms with E-state index in [0.29, 0.717) is 5.75 Å². The number of hydrogen-bond acceptors (Lipinski definition) is 12. The van der Waals surface area contributed by atoms with Gasteiger partial charge in [0.25, 0.3) is 0 Å². The maximum atomic E-state index is 16.0. The van der Waals surface area contributed by atoms with Crippen LogP contribution in [0.3, 0.4) is 0 Å². The molecule has 0 bridgehead atoms. The molecule has 4 unspecified atom stereocenters. The maximum absolute atomic E-state index is 16.0. The molecule has 1 aliphatic heterocycles. The highest BCUT2D eigenvalue weighted by Crippen LogP contribution is 2.48. The second kappa shape index (κ2) is 11.9. The van der Waals surface area contributed by atoms with E-state index in [1.807, 2.05) is 0 Å². The molecular formula is C24H32FN6O7PS. The molecule has 2 aromatic heterocycles. The number of methoxy groups -OCH3 is 1. The number of alkyl halides is 1. The van der Waals surface area contributed by atoms with Crippen LogP contribution >= 0.6 is 6.64 Å². The molecule has 0 saturated carbocycles. The highest BCUT2D eigenvalue weighted by atomic mass is 32.5. The Bertz CT molecular complexity index is 1390. The normalized spacial score (nSPS) is 25.1. The number of rotatable bonds is 11. The number of aliphatic hydroxyl groups excluding tert-OH is 1. The summed E-state index contributed by atoms with van der Waals surface area (Å²) in [5, 5.41) is 13.8. The summed E-state index contributed by atoms with van der Waals surface area (Å²) in [6.07, 6.45) is -3.22. The predicted molar refractivity (Wildman–Crippen MR) is 147 cm³/mol. The Morgan fingerprint density at radius 3 is 2.67 bits per heavy atom. The molecule has 40 heavy (non-hydrogen) atoms. The van der Waals surface area contributed by atoms with Crippen LogP contribution in [0.1, 0.15) is 33.9 Å². The zero-order valence-corrected chi connectivity index (χ0v) is 24.3. The molecule has 0 spiro atoms. The molecule has 4 rings (SSSR count). The van der Waals surface area contributed by atoms with Gasteiger partial charge in [-0.1, -0.05) is 18.2 Å². The summed E-state index contributed by atoms with van der Waals surface area (Å²) < 4.78 is 45.6. The number of nitrogens with zero attached hydrogens (tertiary/aromatic N) is 4. The van der Waals surface area contributed by atoms with E-state index < -0.39 is 42.8 Å². The number of ether oxygens (including phenoxy) is 3. The number of fused-ring (bicyclic) bond motifs is 1. The summed E-state index contributed by atoms with van der Waals surface area (Å²) >= 11 is 5.69. The van der Waals surface area contributed by atoms with Crippen LogP contribution in [0.25, 0.3) is 11.2 Å². The van der Waals surface area contributed by atoms with Gasteiger partial charge in [-0.3, -0.25) is 9.36 Å². The van der Waals surface area contributed by atoms with Gasteiger partial charge in [0.05, 0.1) is 26.1 Å². The maximum Gasteiger partial charge on any atom is 0.323 e. The number of anilines is 1. The topological polar surface area (TPSA) is 165 Å². The van der Waals surface area contributed by atoms with Gasteiger partial charge < -0.3 is 34.1 Å². The number of carbonyl (C=O) groups is 1. The minimum Gasteiger partial charge on any atom is -0.479 e. The lowest BCUT2D eigenvalue weighted by molar-refractivity contribution is -0.149. The number of aromatic nitrogens is 4. The Kier molecular flexibility index (Phi) is 8.93. The molecular weight excluding hydrogens is 566 g/mol. The molecule has 1 aromatic carbocycles. The molecule has 13 nitrogen and oxygen atoms in total. The van der Waals surface area contributed by atoms with Crippen LogP contribution in [0.4, 0.5) is 10.3 Å². The number of para-hydroxylation sites is 1. The van der Waals surface area contributed by atoms with Gasteiger partial charge in [-0.25, -0.2) is 14.5 Å². The van der Waals surface area contributed by atoms with Crippen LogP contribution in [-0.4, -0.2) is 74.3 Å². The first-order valence-electron chi connectivity index (χ1n) is 12.4. The van der Waals surface area contributed by atoms with E-state index in [-0.39, 0.29) is 35.7 Å². The first kappa shape index (κ1) is 30.0. The van der Waals surface area contributed by atoms with Gasteiger partial charge in [0.15, 0.2) is 23.1 Å². The zero-order chi connectivity index (χ0) is 29.2. The Balaban J connectivity index is 1.56. The van der Waals surface area contributed by atoms with Crippen molar-refractivity contribution in [3.63, 3.8) is 0 Å². The number of imidazole rings is 1. The Morgan fingerprint density at radius 1 is 1.32 bits per heavy atom. The van der Waals surface area contributed by atoms with Crippen molar-refractivity contribution in [3.05, 3.63) is 36.7 Å². The van der Waals surface area contributed by atoms with Crippen LogP contribution in [0.2, 0.25) is 0 Å². The van der Waals surface area contributed by atoms with E-state index in [0.717, 1.165) is 0 Å². The number of nitrogens with one attached hydrogen (secondary N) is 1. The van der Waals surface area contributed by atoms with Crippen molar-refractivity contribution < 1.29 is 37.5 Å². The molecule has 4 N–H and O–H groups in total. The molecule has 1 fully saturated rings. The smallest absolute Gasteiger partial charge is 0.323 e. The quantitative estimate of drug-likeness (QED) is 0.218. The lowest BCUT2D eigenvalue weighted by atomic mass is 9.98. The molecule has 1 aliphatic rings. The fraction of sp³-hybridized carbons (Fsp3) is 0.500. The summed E-state index contributed by atoms with van der Waals surface area (Å²) in [6.45, 7) is 2.37. The summed E-state index contributed by atoms with van der Waals surface area (Å²) in [6, 6.07) is 7.74. The van der Waals surface area contributed by atoms with Crippen molar-refractivity contribution in [3.8, 4) is 11.6 Å². The van der Waals surface area contributed by atoms with Crippen LogP contribution in [0.15, 0.2) is 36.7 Å². The second-order valence-electron chi connectivity index (χ2n) is 9.57. The van der Waals surface area contributed by atoms with Crippen molar-refractivity contribution in [2.45, 2.75) is 63.9 Å². The molecule has 6 atom stereocenters. The number of nitrogens with two attached hydrogens (primary N) is 1. The third-order valence-corrected chi connectivity index (χ3v) is 8.50. The standard InChI is InChI=1S/C24H32FN6O7PS/c1-13(2)36-21(33)14(3)30-39(40,38-15-9-7-6-8-10-15)35-11-16-18(32)24(4,25)22(37-16)31-12-27-17-19(31)28-23(26)29-20(17)34-5/h6-10,12-14,16,18,22,32H,11H2,1-5H3,(H,30,40)(H2,26,28,29)/t14?,16-,18?,22-,24?,39?/m1/s1. The monoisotopic (exact) mass is 598 g/mol. The number of esters is 1. The minimum absolute atomic E-state index is 0.107. The zero-order valence-electron chi connectivity index (χ0n) is 22.6. The largest absolute Gasteiger partial charge is 0.479 e. The van der Waals surface area contributed by atoms with Gasteiger partial charge in [0.1, 0.15) is 24.0 Å².